The Balaban J connectivity index is 2.59. The molecular formula is C9H15N3O2S. The van der Waals surface area contributed by atoms with Crippen LogP contribution in [0.1, 0.15) is 5.56 Å². The Morgan fingerprint density at radius 3 is 2.60 bits per heavy atom. The van der Waals surface area contributed by atoms with Crippen LogP contribution in [0.4, 0.5) is 11.4 Å². The molecular weight excluding hydrogens is 214 g/mol. The number of rotatable bonds is 4. The number of primary sulfonamides is 1. The third-order valence-electron chi connectivity index (χ3n) is 1.91. The van der Waals surface area contributed by atoms with Crippen molar-refractivity contribution in [3.8, 4) is 0 Å². The third-order valence-corrected chi connectivity index (χ3v) is 2.68. The van der Waals surface area contributed by atoms with Gasteiger partial charge in [-0.2, -0.15) is 0 Å². The molecule has 0 saturated heterocycles. The Labute approximate surface area is 89.5 Å². The van der Waals surface area contributed by atoms with Crippen LogP contribution in [0, 0.1) is 6.92 Å². The highest BCUT2D eigenvalue weighted by molar-refractivity contribution is 7.89. The van der Waals surface area contributed by atoms with Gasteiger partial charge in [0.05, 0.1) is 17.1 Å². The number of hydrogen-bond donors (Lipinski definition) is 3. The van der Waals surface area contributed by atoms with E-state index >= 15 is 0 Å². The number of aryl methyl sites for hydroxylation is 1. The Morgan fingerprint density at radius 1 is 1.40 bits per heavy atom. The number of benzene rings is 1. The number of nitrogens with two attached hydrogens (primary N) is 2. The molecule has 1 aromatic rings. The summed E-state index contributed by atoms with van der Waals surface area (Å²) >= 11 is 0. The summed E-state index contributed by atoms with van der Waals surface area (Å²) in [7, 11) is -3.42. The molecule has 1 aromatic carbocycles. The zero-order valence-electron chi connectivity index (χ0n) is 8.53. The summed E-state index contributed by atoms with van der Waals surface area (Å²) in [6.07, 6.45) is 0. The molecule has 5 N–H and O–H groups in total. The molecule has 0 aromatic heterocycles. The molecule has 0 heterocycles. The van der Waals surface area contributed by atoms with E-state index in [1.54, 1.807) is 0 Å². The first kappa shape index (κ1) is 11.8. The van der Waals surface area contributed by atoms with Gasteiger partial charge in [0.1, 0.15) is 0 Å². The van der Waals surface area contributed by atoms with Crippen molar-refractivity contribution in [3.63, 3.8) is 0 Å². The van der Waals surface area contributed by atoms with E-state index in [9.17, 15) is 8.42 Å². The zero-order valence-corrected chi connectivity index (χ0v) is 9.34. The molecule has 0 fully saturated rings. The second-order valence-electron chi connectivity index (χ2n) is 3.38. The number of nitrogen functional groups attached to an aromatic ring is 1. The molecule has 0 aliphatic heterocycles. The fourth-order valence-corrected chi connectivity index (χ4v) is 1.56. The maximum atomic E-state index is 10.7. The molecule has 1 rings (SSSR count). The van der Waals surface area contributed by atoms with Gasteiger partial charge in [-0.1, -0.05) is 6.07 Å². The minimum atomic E-state index is -3.42. The number of hydrogen-bond acceptors (Lipinski definition) is 4. The molecule has 0 radical (unpaired) electrons. The summed E-state index contributed by atoms with van der Waals surface area (Å²) in [4.78, 5) is 0. The van der Waals surface area contributed by atoms with Crippen LogP contribution < -0.4 is 16.2 Å². The van der Waals surface area contributed by atoms with E-state index < -0.39 is 10.0 Å². The van der Waals surface area contributed by atoms with Crippen molar-refractivity contribution in [2.75, 3.05) is 23.3 Å². The first-order valence-electron chi connectivity index (χ1n) is 4.49. The smallest absolute Gasteiger partial charge is 0.210 e. The van der Waals surface area contributed by atoms with Gasteiger partial charge in [-0.15, -0.1) is 0 Å². The Hall–Kier alpha value is -1.27. The van der Waals surface area contributed by atoms with Crippen molar-refractivity contribution in [1.29, 1.82) is 0 Å². The van der Waals surface area contributed by atoms with Gasteiger partial charge in [0.2, 0.25) is 10.0 Å². The predicted octanol–water partition coefficient (Wildman–Crippen LogP) is 0.278. The van der Waals surface area contributed by atoms with Crippen LogP contribution in [-0.4, -0.2) is 20.7 Å². The van der Waals surface area contributed by atoms with Gasteiger partial charge in [0.15, 0.2) is 0 Å². The summed E-state index contributed by atoms with van der Waals surface area (Å²) in [5, 5.41) is 7.78. The van der Waals surface area contributed by atoms with Crippen LogP contribution in [0.2, 0.25) is 0 Å². The molecule has 0 unspecified atom stereocenters. The molecule has 0 atom stereocenters. The Kier molecular flexibility index (Phi) is 3.54. The second-order valence-corrected chi connectivity index (χ2v) is 5.12. The van der Waals surface area contributed by atoms with Gasteiger partial charge in [0, 0.05) is 6.54 Å². The highest BCUT2D eigenvalue weighted by Gasteiger charge is 2.03. The monoisotopic (exact) mass is 229 g/mol. The fourth-order valence-electron chi connectivity index (χ4n) is 1.17. The molecule has 84 valence electrons. The summed E-state index contributed by atoms with van der Waals surface area (Å²) in [5.41, 5.74) is 8.12. The van der Waals surface area contributed by atoms with Crippen LogP contribution >= 0.6 is 0 Å². The largest absolute Gasteiger partial charge is 0.397 e. The van der Waals surface area contributed by atoms with Crippen LogP contribution in [0.15, 0.2) is 18.2 Å². The molecule has 0 saturated carbocycles. The SMILES string of the molecule is Cc1ccc(NCCS(N)(=O)=O)c(N)c1. The molecule has 0 amide bonds. The van der Waals surface area contributed by atoms with E-state index in [0.29, 0.717) is 5.69 Å². The first-order chi connectivity index (χ1) is 6.88. The van der Waals surface area contributed by atoms with Crippen molar-refractivity contribution < 1.29 is 8.42 Å². The van der Waals surface area contributed by atoms with Crippen LogP contribution in [0.3, 0.4) is 0 Å². The predicted molar refractivity (Wildman–Crippen MR) is 62.1 cm³/mol. The third kappa shape index (κ3) is 4.18. The molecule has 6 heteroatoms. The second kappa shape index (κ2) is 4.50. The van der Waals surface area contributed by atoms with E-state index in [1.807, 2.05) is 25.1 Å². The van der Waals surface area contributed by atoms with E-state index in [1.165, 1.54) is 0 Å². The molecule has 0 bridgehead atoms. The lowest BCUT2D eigenvalue weighted by Gasteiger charge is -2.08. The molecule has 0 aliphatic rings. The van der Waals surface area contributed by atoms with Crippen LogP contribution in [0.25, 0.3) is 0 Å². The summed E-state index contributed by atoms with van der Waals surface area (Å²) < 4.78 is 21.3. The maximum Gasteiger partial charge on any atom is 0.210 e. The lowest BCUT2D eigenvalue weighted by Crippen LogP contribution is -2.22. The molecule has 0 spiro atoms. The van der Waals surface area contributed by atoms with E-state index in [4.69, 9.17) is 10.9 Å². The van der Waals surface area contributed by atoms with Gasteiger partial charge < -0.3 is 11.1 Å². The highest BCUT2D eigenvalue weighted by Crippen LogP contribution is 2.18. The molecule has 5 nitrogen and oxygen atoms in total. The van der Waals surface area contributed by atoms with Gasteiger partial charge in [0.25, 0.3) is 0 Å². The van der Waals surface area contributed by atoms with Crippen molar-refractivity contribution in [1.82, 2.24) is 0 Å². The average molecular weight is 229 g/mol. The van der Waals surface area contributed by atoms with Crippen molar-refractivity contribution in [3.05, 3.63) is 23.8 Å². The summed E-state index contributed by atoms with van der Waals surface area (Å²) in [6, 6.07) is 5.53. The lowest BCUT2D eigenvalue weighted by atomic mass is 10.2. The van der Waals surface area contributed by atoms with Gasteiger partial charge in [-0.3, -0.25) is 0 Å². The first-order valence-corrected chi connectivity index (χ1v) is 6.20. The lowest BCUT2D eigenvalue weighted by molar-refractivity contribution is 0.598. The quantitative estimate of drug-likeness (QED) is 0.646. The van der Waals surface area contributed by atoms with Crippen LogP contribution in [0.5, 0.6) is 0 Å². The van der Waals surface area contributed by atoms with E-state index in [-0.39, 0.29) is 12.3 Å². The Bertz CT molecular complexity index is 443. The van der Waals surface area contributed by atoms with Gasteiger partial charge >= 0.3 is 0 Å². The minimum Gasteiger partial charge on any atom is -0.397 e. The van der Waals surface area contributed by atoms with Crippen LogP contribution in [-0.2, 0) is 10.0 Å². The summed E-state index contributed by atoms with van der Waals surface area (Å²) in [5.74, 6) is -0.111. The number of anilines is 2. The molecule has 15 heavy (non-hydrogen) atoms. The van der Waals surface area contributed by atoms with E-state index in [2.05, 4.69) is 5.32 Å². The Morgan fingerprint density at radius 2 is 2.07 bits per heavy atom. The van der Waals surface area contributed by atoms with Gasteiger partial charge in [-0.25, -0.2) is 13.6 Å². The normalized spacial score (nSPS) is 11.3. The van der Waals surface area contributed by atoms with Crippen molar-refractivity contribution in [2.45, 2.75) is 6.92 Å². The standard InChI is InChI=1S/C9H15N3O2S/c1-7-2-3-9(8(10)6-7)12-4-5-15(11,13)14/h2-3,6,12H,4-5,10H2,1H3,(H2,11,13,14). The van der Waals surface area contributed by atoms with Crippen molar-refractivity contribution in [2.24, 2.45) is 5.14 Å². The van der Waals surface area contributed by atoms with Gasteiger partial charge in [-0.05, 0) is 24.6 Å². The minimum absolute atomic E-state index is 0.111. The average Bonchev–Trinajstić information content (AvgIpc) is 2.07. The fraction of sp³-hybridized carbons (Fsp3) is 0.333. The number of sulfonamides is 1. The van der Waals surface area contributed by atoms with E-state index in [0.717, 1.165) is 11.3 Å². The highest BCUT2D eigenvalue weighted by atomic mass is 32.2. The topological polar surface area (TPSA) is 98.2 Å². The summed E-state index contributed by atoms with van der Waals surface area (Å²) in [6.45, 7) is 2.19. The van der Waals surface area contributed by atoms with Crippen molar-refractivity contribution >= 4 is 21.4 Å². The zero-order chi connectivity index (χ0) is 11.5. The maximum absolute atomic E-state index is 10.7. The number of nitrogens with one attached hydrogen (secondary N) is 1. The molecule has 0 aliphatic carbocycles.